The van der Waals surface area contributed by atoms with Crippen LogP contribution in [-0.4, -0.2) is 18.0 Å². The molecule has 0 atom stereocenters. The van der Waals surface area contributed by atoms with Gasteiger partial charge in [-0.15, -0.1) is 0 Å². The topological polar surface area (TPSA) is 73.2 Å². The number of sulfonamides is 1. The van der Waals surface area contributed by atoms with E-state index in [9.17, 15) is 8.42 Å². The average molecular weight is 281 g/mol. The number of nitrogens with zero attached hydrogens (tertiary/aromatic N) is 2. The molecule has 0 amide bonds. The summed E-state index contributed by atoms with van der Waals surface area (Å²) in [6.07, 6.45) is 1.43. The van der Waals surface area contributed by atoms with Crippen LogP contribution in [0.25, 0.3) is 0 Å². The lowest BCUT2D eigenvalue weighted by molar-refractivity contribution is 0.0793. The quantitative estimate of drug-likeness (QED) is 0.834. The number of benzene rings is 1. The summed E-state index contributed by atoms with van der Waals surface area (Å²) in [7, 11) is -2.01. The molecule has 1 aromatic heterocycles. The van der Waals surface area contributed by atoms with Crippen molar-refractivity contribution >= 4 is 10.0 Å². The highest BCUT2D eigenvalue weighted by Gasteiger charge is 2.18. The second kappa shape index (κ2) is 5.52. The van der Waals surface area contributed by atoms with Gasteiger partial charge in [-0.3, -0.25) is 4.84 Å². The summed E-state index contributed by atoms with van der Waals surface area (Å²) in [5.74, 6) is 0.614. The van der Waals surface area contributed by atoms with Crippen LogP contribution in [0.1, 0.15) is 11.4 Å². The number of aryl methyl sites for hydroxylation is 2. The zero-order valence-electron chi connectivity index (χ0n) is 10.7. The van der Waals surface area contributed by atoms with Gasteiger partial charge < -0.3 is 4.57 Å². The van der Waals surface area contributed by atoms with Crippen molar-refractivity contribution in [1.29, 1.82) is 0 Å². The number of hydrogen-bond acceptors (Lipinski definition) is 4. The fourth-order valence-corrected chi connectivity index (χ4v) is 2.31. The summed E-state index contributed by atoms with van der Waals surface area (Å²) in [6.45, 7) is 1.88. The molecule has 7 heteroatoms. The Morgan fingerprint density at radius 1 is 1.32 bits per heavy atom. The lowest BCUT2D eigenvalue weighted by Gasteiger charge is -2.04. The molecule has 0 unspecified atom stereocenters. The Morgan fingerprint density at radius 3 is 2.58 bits per heavy atom. The molecule has 1 heterocycles. The summed E-state index contributed by atoms with van der Waals surface area (Å²) in [5.41, 5.74) is 0.877. The Balaban J connectivity index is 1.99. The summed E-state index contributed by atoms with van der Waals surface area (Å²) in [5, 5.41) is -0.0550. The maximum absolute atomic E-state index is 11.9. The fourth-order valence-electron chi connectivity index (χ4n) is 1.46. The average Bonchev–Trinajstić information content (AvgIpc) is 2.72. The van der Waals surface area contributed by atoms with E-state index in [1.165, 1.54) is 6.20 Å². The largest absolute Gasteiger partial charge is 0.337 e. The van der Waals surface area contributed by atoms with Gasteiger partial charge in [-0.2, -0.15) is 0 Å². The summed E-state index contributed by atoms with van der Waals surface area (Å²) in [6, 6.07) is 9.29. The van der Waals surface area contributed by atoms with Gasteiger partial charge in [0.15, 0.2) is 5.03 Å². The molecule has 2 aromatic rings. The van der Waals surface area contributed by atoms with Crippen molar-refractivity contribution in [3.8, 4) is 0 Å². The molecule has 0 aliphatic carbocycles. The second-order valence-electron chi connectivity index (χ2n) is 4.10. The van der Waals surface area contributed by atoms with E-state index < -0.39 is 10.0 Å². The molecule has 19 heavy (non-hydrogen) atoms. The Hall–Kier alpha value is -1.70. The lowest BCUT2D eigenvalue weighted by Crippen LogP contribution is -2.24. The van der Waals surface area contributed by atoms with Crippen LogP contribution < -0.4 is 4.89 Å². The van der Waals surface area contributed by atoms with Gasteiger partial charge in [0.1, 0.15) is 5.82 Å². The van der Waals surface area contributed by atoms with E-state index in [1.807, 2.05) is 30.3 Å². The van der Waals surface area contributed by atoms with Crippen molar-refractivity contribution in [3.63, 3.8) is 0 Å². The Bertz CT molecular complexity index is 631. The number of rotatable bonds is 5. The van der Waals surface area contributed by atoms with Crippen LogP contribution in [0.15, 0.2) is 41.6 Å². The van der Waals surface area contributed by atoms with Gasteiger partial charge in [0.2, 0.25) is 0 Å². The molecule has 0 bridgehead atoms. The number of nitrogens with one attached hydrogen (secondary N) is 1. The van der Waals surface area contributed by atoms with Crippen molar-refractivity contribution in [2.24, 2.45) is 7.05 Å². The van der Waals surface area contributed by atoms with Gasteiger partial charge in [-0.1, -0.05) is 35.2 Å². The molecule has 0 saturated heterocycles. The van der Waals surface area contributed by atoms with Crippen LogP contribution in [0.3, 0.4) is 0 Å². The van der Waals surface area contributed by atoms with Crippen LogP contribution in [0.4, 0.5) is 0 Å². The molecule has 0 aliphatic rings. The highest BCUT2D eigenvalue weighted by Crippen LogP contribution is 2.08. The molecular formula is C12H15N3O3S. The summed E-state index contributed by atoms with van der Waals surface area (Å²) in [4.78, 5) is 11.0. The van der Waals surface area contributed by atoms with E-state index in [0.717, 1.165) is 5.56 Å². The summed E-state index contributed by atoms with van der Waals surface area (Å²) >= 11 is 0. The van der Waals surface area contributed by atoms with Gasteiger partial charge >= 0.3 is 0 Å². The first-order chi connectivity index (χ1) is 8.99. The molecule has 102 valence electrons. The fraction of sp³-hybridized carbons (Fsp3) is 0.250. The van der Waals surface area contributed by atoms with Gasteiger partial charge in [-0.05, 0) is 12.5 Å². The third kappa shape index (κ3) is 3.40. The van der Waals surface area contributed by atoms with E-state index in [-0.39, 0.29) is 11.6 Å². The maximum atomic E-state index is 11.9. The number of hydrogen-bond donors (Lipinski definition) is 1. The summed E-state index contributed by atoms with van der Waals surface area (Å²) < 4.78 is 25.4. The minimum Gasteiger partial charge on any atom is -0.337 e. The zero-order valence-corrected chi connectivity index (χ0v) is 11.5. The van der Waals surface area contributed by atoms with Crippen molar-refractivity contribution in [2.75, 3.05) is 0 Å². The van der Waals surface area contributed by atoms with Crippen molar-refractivity contribution in [2.45, 2.75) is 18.6 Å². The lowest BCUT2D eigenvalue weighted by atomic mass is 10.2. The molecule has 2 rings (SSSR count). The van der Waals surface area contributed by atoms with Crippen LogP contribution >= 0.6 is 0 Å². The van der Waals surface area contributed by atoms with Crippen molar-refractivity contribution in [1.82, 2.24) is 14.4 Å². The van der Waals surface area contributed by atoms with Gasteiger partial charge in [0.05, 0.1) is 6.61 Å². The monoisotopic (exact) mass is 281 g/mol. The molecule has 0 spiro atoms. The molecule has 6 nitrogen and oxygen atoms in total. The van der Waals surface area contributed by atoms with Gasteiger partial charge in [0.25, 0.3) is 10.0 Å². The molecule has 0 radical (unpaired) electrons. The third-order valence-corrected chi connectivity index (χ3v) is 3.70. The first-order valence-electron chi connectivity index (χ1n) is 5.66. The minimum atomic E-state index is -3.74. The van der Waals surface area contributed by atoms with E-state index in [0.29, 0.717) is 5.82 Å². The van der Waals surface area contributed by atoms with Crippen LogP contribution in [0.2, 0.25) is 0 Å². The van der Waals surface area contributed by atoms with Crippen LogP contribution in [0, 0.1) is 6.92 Å². The first-order valence-corrected chi connectivity index (χ1v) is 7.15. The predicted molar refractivity (Wildman–Crippen MR) is 69.5 cm³/mol. The molecule has 1 N–H and O–H groups in total. The first kappa shape index (κ1) is 13.7. The zero-order chi connectivity index (χ0) is 13.9. The third-order valence-electron chi connectivity index (χ3n) is 2.61. The molecule has 0 aliphatic heterocycles. The highest BCUT2D eigenvalue weighted by atomic mass is 32.2. The maximum Gasteiger partial charge on any atom is 0.281 e. The minimum absolute atomic E-state index is 0.0550. The van der Waals surface area contributed by atoms with Crippen molar-refractivity contribution in [3.05, 3.63) is 47.9 Å². The van der Waals surface area contributed by atoms with Crippen LogP contribution in [0.5, 0.6) is 0 Å². The second-order valence-corrected chi connectivity index (χ2v) is 5.69. The van der Waals surface area contributed by atoms with E-state index in [1.54, 1.807) is 18.5 Å². The number of imidazole rings is 1. The molecule has 1 aromatic carbocycles. The smallest absolute Gasteiger partial charge is 0.281 e. The van der Waals surface area contributed by atoms with Gasteiger partial charge in [-0.25, -0.2) is 13.4 Å². The molecule has 0 saturated carbocycles. The Morgan fingerprint density at radius 2 is 2.00 bits per heavy atom. The normalized spacial score (nSPS) is 11.7. The Labute approximate surface area is 112 Å². The van der Waals surface area contributed by atoms with Crippen molar-refractivity contribution < 1.29 is 13.3 Å². The number of aromatic nitrogens is 2. The SMILES string of the molecule is Cc1nc(S(=O)(=O)NOCc2ccccc2)cn1C. The van der Waals surface area contributed by atoms with Gasteiger partial charge in [0, 0.05) is 13.2 Å². The molecular weight excluding hydrogens is 266 g/mol. The highest BCUT2D eigenvalue weighted by molar-refractivity contribution is 7.89. The Kier molecular flexibility index (Phi) is 3.98. The molecule has 0 fully saturated rings. The van der Waals surface area contributed by atoms with E-state index in [2.05, 4.69) is 9.87 Å². The van der Waals surface area contributed by atoms with E-state index >= 15 is 0 Å². The predicted octanol–water partition coefficient (Wildman–Crippen LogP) is 1.14. The van der Waals surface area contributed by atoms with Crippen LogP contribution in [-0.2, 0) is 28.5 Å². The van der Waals surface area contributed by atoms with E-state index in [4.69, 9.17) is 4.84 Å². The standard InChI is InChI=1S/C12H15N3O3S/c1-10-13-12(8-15(10)2)19(16,17)14-18-9-11-6-4-3-5-7-11/h3-8,14H,9H2,1-2H3.